The van der Waals surface area contributed by atoms with Crippen LogP contribution in [0.1, 0.15) is 48.5 Å². The van der Waals surface area contributed by atoms with Crippen molar-refractivity contribution >= 4 is 34.8 Å². The first-order valence-electron chi connectivity index (χ1n) is 11.6. The first-order chi connectivity index (χ1) is 16.3. The second-order valence-corrected chi connectivity index (χ2v) is 10.3. The third-order valence-electron chi connectivity index (χ3n) is 6.72. The smallest absolute Gasteiger partial charge is 0.331 e. The zero-order valence-electron chi connectivity index (χ0n) is 19.4. The van der Waals surface area contributed by atoms with Crippen LogP contribution in [0.5, 0.6) is 0 Å². The molecule has 4 heterocycles. The summed E-state index contributed by atoms with van der Waals surface area (Å²) in [7, 11) is 0. The summed E-state index contributed by atoms with van der Waals surface area (Å²) in [5, 5.41) is 12.7. The van der Waals surface area contributed by atoms with Crippen molar-refractivity contribution in [3.05, 3.63) is 61.5 Å². The number of aryl methyl sites for hydroxylation is 2. The van der Waals surface area contributed by atoms with Crippen LogP contribution in [0.4, 0.5) is 5.82 Å². The largest absolute Gasteiger partial charge is 0.478 e. The standard InChI is InChI=1S/C25H28N4O4S/c1-16(24(31)32)13-18-22(28-9-11-33-12-10-28)27-20-14-17(5-8-29(20)23(18)30)3-4-21-26-19(15-34-21)25(2)6-7-25/h5,8,13-15H,3-4,6-7,9-12H2,1-2H3,(H,31,32)/b16-13+. The number of carbonyl (C=O) groups is 1. The minimum absolute atomic E-state index is 0.0906. The summed E-state index contributed by atoms with van der Waals surface area (Å²) in [6.45, 7) is 6.03. The number of aliphatic carboxylic acids is 1. The Morgan fingerprint density at radius 3 is 2.74 bits per heavy atom. The number of hydrogen-bond donors (Lipinski definition) is 1. The van der Waals surface area contributed by atoms with Crippen molar-refractivity contribution in [2.45, 2.75) is 44.9 Å². The molecule has 0 bridgehead atoms. The molecule has 1 aliphatic heterocycles. The average Bonchev–Trinajstić information content (AvgIpc) is 3.40. The summed E-state index contributed by atoms with van der Waals surface area (Å²) in [6.07, 6.45) is 7.24. The number of aromatic nitrogens is 3. The molecule has 0 atom stereocenters. The van der Waals surface area contributed by atoms with Crippen molar-refractivity contribution in [1.29, 1.82) is 0 Å². The molecule has 2 fully saturated rings. The Morgan fingerprint density at radius 2 is 2.03 bits per heavy atom. The van der Waals surface area contributed by atoms with Crippen LogP contribution in [0.25, 0.3) is 11.7 Å². The Labute approximate surface area is 201 Å². The van der Waals surface area contributed by atoms with Gasteiger partial charge in [-0.3, -0.25) is 9.20 Å². The quantitative estimate of drug-likeness (QED) is 0.518. The van der Waals surface area contributed by atoms with Crippen LogP contribution in [-0.4, -0.2) is 51.7 Å². The van der Waals surface area contributed by atoms with Crippen molar-refractivity contribution in [3.63, 3.8) is 0 Å². The zero-order chi connectivity index (χ0) is 23.9. The Bertz CT molecular complexity index is 1330. The van der Waals surface area contributed by atoms with Crippen LogP contribution >= 0.6 is 11.3 Å². The van der Waals surface area contributed by atoms with E-state index in [9.17, 15) is 14.7 Å². The number of carboxylic acid groups (broad SMARTS) is 1. The fourth-order valence-electron chi connectivity index (χ4n) is 4.16. The summed E-state index contributed by atoms with van der Waals surface area (Å²) in [5.74, 6) is -0.554. The van der Waals surface area contributed by atoms with Crippen molar-refractivity contribution in [1.82, 2.24) is 14.4 Å². The van der Waals surface area contributed by atoms with Gasteiger partial charge in [-0.25, -0.2) is 14.8 Å². The normalized spacial score (nSPS) is 17.8. The molecule has 2 aliphatic rings. The van der Waals surface area contributed by atoms with Crippen LogP contribution in [-0.2, 0) is 27.8 Å². The number of hydrogen-bond acceptors (Lipinski definition) is 7. The predicted octanol–water partition coefficient (Wildman–Crippen LogP) is 3.31. The van der Waals surface area contributed by atoms with Gasteiger partial charge in [-0.05, 0) is 50.0 Å². The number of pyridine rings is 1. The number of rotatable bonds is 7. The van der Waals surface area contributed by atoms with Gasteiger partial charge in [-0.15, -0.1) is 11.3 Å². The molecule has 1 N–H and O–H groups in total. The summed E-state index contributed by atoms with van der Waals surface area (Å²) in [5.41, 5.74) is 3.24. The number of nitrogens with zero attached hydrogens (tertiary/aromatic N) is 4. The molecule has 5 rings (SSSR count). The molecule has 3 aromatic rings. The first kappa shape index (κ1) is 22.7. The van der Waals surface area contributed by atoms with E-state index in [1.807, 2.05) is 17.0 Å². The molecule has 8 nitrogen and oxygen atoms in total. The van der Waals surface area contributed by atoms with Crippen LogP contribution in [0.2, 0.25) is 0 Å². The van der Waals surface area contributed by atoms with E-state index >= 15 is 0 Å². The SMILES string of the molecule is C/C(=C\c1c(N2CCOCC2)nc2cc(CCc3nc(C4(C)CC4)cs3)ccn2c1=O)C(=O)O. The maximum atomic E-state index is 13.4. The lowest BCUT2D eigenvalue weighted by molar-refractivity contribution is -0.132. The van der Waals surface area contributed by atoms with Crippen LogP contribution in [0.15, 0.2) is 34.1 Å². The number of morpholine rings is 1. The minimum Gasteiger partial charge on any atom is -0.478 e. The van der Waals surface area contributed by atoms with E-state index in [0.717, 1.165) is 23.4 Å². The van der Waals surface area contributed by atoms with Crippen molar-refractivity contribution in [3.8, 4) is 0 Å². The van der Waals surface area contributed by atoms with Crippen molar-refractivity contribution < 1.29 is 14.6 Å². The molecule has 0 spiro atoms. The lowest BCUT2D eigenvalue weighted by Gasteiger charge is -2.29. The Balaban J connectivity index is 1.47. The lowest BCUT2D eigenvalue weighted by atomic mass is 10.1. The van der Waals surface area contributed by atoms with Crippen LogP contribution in [0, 0.1) is 0 Å². The van der Waals surface area contributed by atoms with E-state index in [4.69, 9.17) is 14.7 Å². The maximum absolute atomic E-state index is 13.4. The Morgan fingerprint density at radius 1 is 1.26 bits per heavy atom. The van der Waals surface area contributed by atoms with Gasteiger partial charge in [0.1, 0.15) is 11.5 Å². The van der Waals surface area contributed by atoms with Gasteiger partial charge in [0.25, 0.3) is 5.56 Å². The molecule has 1 aliphatic carbocycles. The molecule has 1 saturated carbocycles. The van der Waals surface area contributed by atoms with Gasteiger partial charge in [0.05, 0.1) is 29.5 Å². The van der Waals surface area contributed by atoms with E-state index in [1.54, 1.807) is 17.5 Å². The molecule has 9 heteroatoms. The van der Waals surface area contributed by atoms with E-state index < -0.39 is 5.97 Å². The highest BCUT2D eigenvalue weighted by molar-refractivity contribution is 7.09. The fourth-order valence-corrected chi connectivity index (χ4v) is 5.11. The van der Waals surface area contributed by atoms with Crippen molar-refractivity contribution in [2.24, 2.45) is 0 Å². The van der Waals surface area contributed by atoms with Gasteiger partial charge >= 0.3 is 5.97 Å². The molecule has 0 aromatic carbocycles. The molecule has 0 amide bonds. The number of fused-ring (bicyclic) bond motifs is 1. The van der Waals surface area contributed by atoms with Crippen molar-refractivity contribution in [2.75, 3.05) is 31.2 Å². The fraction of sp³-hybridized carbons (Fsp3) is 0.440. The number of thiazole rings is 1. The van der Waals surface area contributed by atoms with Crippen LogP contribution in [0.3, 0.4) is 0 Å². The number of anilines is 1. The van der Waals surface area contributed by atoms with Gasteiger partial charge < -0.3 is 14.7 Å². The number of ether oxygens (including phenoxy) is 1. The van der Waals surface area contributed by atoms with Gasteiger partial charge in [-0.1, -0.05) is 6.92 Å². The van der Waals surface area contributed by atoms with Gasteiger partial charge in [0.2, 0.25) is 0 Å². The predicted molar refractivity (Wildman–Crippen MR) is 132 cm³/mol. The first-order valence-corrected chi connectivity index (χ1v) is 12.5. The highest BCUT2D eigenvalue weighted by Crippen LogP contribution is 2.47. The monoisotopic (exact) mass is 480 g/mol. The van der Waals surface area contributed by atoms with Gasteiger partial charge in [0.15, 0.2) is 0 Å². The molecule has 0 radical (unpaired) electrons. The van der Waals surface area contributed by atoms with Crippen LogP contribution < -0.4 is 10.5 Å². The van der Waals surface area contributed by atoms with E-state index in [-0.39, 0.29) is 22.1 Å². The highest BCUT2D eigenvalue weighted by Gasteiger charge is 2.41. The maximum Gasteiger partial charge on any atom is 0.331 e. The van der Waals surface area contributed by atoms with E-state index in [1.165, 1.54) is 35.9 Å². The zero-order valence-corrected chi connectivity index (χ0v) is 20.2. The van der Waals surface area contributed by atoms with E-state index in [0.29, 0.717) is 37.8 Å². The molecular weight excluding hydrogens is 452 g/mol. The summed E-state index contributed by atoms with van der Waals surface area (Å²) < 4.78 is 6.94. The minimum atomic E-state index is -1.06. The number of carboxylic acids is 1. The van der Waals surface area contributed by atoms with E-state index in [2.05, 4.69) is 12.3 Å². The molecule has 3 aromatic heterocycles. The average molecular weight is 481 g/mol. The van der Waals surface area contributed by atoms with Gasteiger partial charge in [-0.2, -0.15) is 0 Å². The lowest BCUT2D eigenvalue weighted by Crippen LogP contribution is -2.38. The molecule has 34 heavy (non-hydrogen) atoms. The highest BCUT2D eigenvalue weighted by atomic mass is 32.1. The van der Waals surface area contributed by atoms with Gasteiger partial charge in [0, 0.05) is 42.1 Å². The topological polar surface area (TPSA) is 97.0 Å². The second-order valence-electron chi connectivity index (χ2n) is 9.34. The Hall–Kier alpha value is -3.04. The summed E-state index contributed by atoms with van der Waals surface area (Å²) in [4.78, 5) is 36.4. The molecule has 0 unspecified atom stereocenters. The summed E-state index contributed by atoms with van der Waals surface area (Å²) in [6, 6.07) is 3.87. The second kappa shape index (κ2) is 8.96. The summed E-state index contributed by atoms with van der Waals surface area (Å²) >= 11 is 1.72. The Kier molecular flexibility index (Phi) is 5.99. The third kappa shape index (κ3) is 4.50. The molecular formula is C25H28N4O4S. The molecule has 178 valence electrons. The third-order valence-corrected chi connectivity index (χ3v) is 7.62. The molecule has 1 saturated heterocycles.